The van der Waals surface area contributed by atoms with Crippen molar-refractivity contribution >= 4 is 5.91 Å². The van der Waals surface area contributed by atoms with Crippen molar-refractivity contribution in [3.63, 3.8) is 0 Å². The molecule has 0 aliphatic carbocycles. The van der Waals surface area contributed by atoms with E-state index in [1.54, 1.807) is 0 Å². The van der Waals surface area contributed by atoms with Crippen LogP contribution in [-0.2, 0) is 4.79 Å². The van der Waals surface area contributed by atoms with Gasteiger partial charge in [-0.3, -0.25) is 4.79 Å². The van der Waals surface area contributed by atoms with Gasteiger partial charge in [0.25, 0.3) is 0 Å². The number of carbonyl (C=O) groups excluding carboxylic acids is 1. The zero-order valence-corrected chi connectivity index (χ0v) is 6.62. The van der Waals surface area contributed by atoms with Crippen LogP contribution in [0.25, 0.3) is 0 Å². The second-order valence-corrected chi connectivity index (χ2v) is 3.50. The summed E-state index contributed by atoms with van der Waals surface area (Å²) in [6.45, 7) is 0.942. The Morgan fingerprint density at radius 1 is 1.45 bits per heavy atom. The lowest BCUT2D eigenvalue weighted by Crippen LogP contribution is -2.51. The van der Waals surface area contributed by atoms with Gasteiger partial charge in [-0.2, -0.15) is 0 Å². The van der Waals surface area contributed by atoms with Crippen LogP contribution in [0.2, 0.25) is 0 Å². The van der Waals surface area contributed by atoms with Crippen molar-refractivity contribution in [3.8, 4) is 0 Å². The third-order valence-corrected chi connectivity index (χ3v) is 2.81. The SMILES string of the molecule is N[C@@H]1CCC(=O)N2CCC[C@@H]12. The molecule has 2 aliphatic rings. The normalized spacial score (nSPS) is 37.5. The molecule has 1 amide bonds. The first-order valence-electron chi connectivity index (χ1n) is 4.34. The molecule has 0 aromatic carbocycles. The second kappa shape index (κ2) is 2.48. The fourth-order valence-electron chi connectivity index (χ4n) is 2.17. The van der Waals surface area contributed by atoms with Gasteiger partial charge in [0.1, 0.15) is 0 Å². The lowest BCUT2D eigenvalue weighted by molar-refractivity contribution is -0.135. The molecule has 0 spiro atoms. The summed E-state index contributed by atoms with van der Waals surface area (Å²) in [6, 6.07) is 0.617. The van der Waals surface area contributed by atoms with Gasteiger partial charge in [-0.05, 0) is 19.3 Å². The summed E-state index contributed by atoms with van der Waals surface area (Å²) in [4.78, 5) is 13.3. The van der Waals surface area contributed by atoms with Gasteiger partial charge in [-0.25, -0.2) is 0 Å². The Hall–Kier alpha value is -0.570. The van der Waals surface area contributed by atoms with E-state index in [4.69, 9.17) is 5.73 Å². The largest absolute Gasteiger partial charge is 0.338 e. The van der Waals surface area contributed by atoms with E-state index in [0.717, 1.165) is 25.8 Å². The molecule has 0 radical (unpaired) electrons. The van der Waals surface area contributed by atoms with Gasteiger partial charge < -0.3 is 10.6 Å². The number of hydrogen-bond donors (Lipinski definition) is 1. The maximum absolute atomic E-state index is 11.3. The number of carbonyl (C=O) groups is 1. The first kappa shape index (κ1) is 7.10. The summed E-state index contributed by atoms with van der Waals surface area (Å²) < 4.78 is 0. The maximum atomic E-state index is 11.3. The number of nitrogens with two attached hydrogens (primary N) is 1. The monoisotopic (exact) mass is 154 g/mol. The minimum Gasteiger partial charge on any atom is -0.338 e. The number of fused-ring (bicyclic) bond motifs is 1. The van der Waals surface area contributed by atoms with E-state index >= 15 is 0 Å². The molecule has 3 heteroatoms. The molecule has 2 N–H and O–H groups in total. The third kappa shape index (κ3) is 1.03. The summed E-state index contributed by atoms with van der Waals surface area (Å²) in [5.74, 6) is 0.314. The maximum Gasteiger partial charge on any atom is 0.222 e. The number of hydrogen-bond acceptors (Lipinski definition) is 2. The van der Waals surface area contributed by atoms with Crippen molar-refractivity contribution in [2.45, 2.75) is 37.8 Å². The molecule has 2 rings (SSSR count). The van der Waals surface area contributed by atoms with Gasteiger partial charge in [-0.1, -0.05) is 0 Å². The first-order chi connectivity index (χ1) is 5.29. The summed E-state index contributed by atoms with van der Waals surface area (Å²) in [5.41, 5.74) is 5.89. The van der Waals surface area contributed by atoms with Crippen LogP contribution >= 0.6 is 0 Å². The highest BCUT2D eigenvalue weighted by molar-refractivity contribution is 5.77. The molecular weight excluding hydrogens is 140 g/mol. The van der Waals surface area contributed by atoms with Gasteiger partial charge in [0.05, 0.1) is 0 Å². The van der Waals surface area contributed by atoms with Gasteiger partial charge in [0, 0.05) is 25.0 Å². The quantitative estimate of drug-likeness (QED) is 0.538. The van der Waals surface area contributed by atoms with Crippen LogP contribution in [-0.4, -0.2) is 29.4 Å². The lowest BCUT2D eigenvalue weighted by atomic mass is 9.97. The van der Waals surface area contributed by atoms with E-state index in [9.17, 15) is 4.79 Å². The van der Waals surface area contributed by atoms with Crippen molar-refractivity contribution in [3.05, 3.63) is 0 Å². The van der Waals surface area contributed by atoms with E-state index < -0.39 is 0 Å². The van der Waals surface area contributed by atoms with Crippen LogP contribution in [0.15, 0.2) is 0 Å². The highest BCUT2D eigenvalue weighted by atomic mass is 16.2. The molecule has 2 atom stereocenters. The minimum atomic E-state index is 0.246. The highest BCUT2D eigenvalue weighted by Gasteiger charge is 2.36. The molecule has 11 heavy (non-hydrogen) atoms. The Kier molecular flexibility index (Phi) is 1.60. The zero-order valence-electron chi connectivity index (χ0n) is 6.62. The predicted octanol–water partition coefficient (Wildman–Crippen LogP) is 0.0985. The van der Waals surface area contributed by atoms with Crippen LogP contribution in [0.4, 0.5) is 0 Å². The fourth-order valence-corrected chi connectivity index (χ4v) is 2.17. The van der Waals surface area contributed by atoms with Crippen LogP contribution < -0.4 is 5.73 Å². The third-order valence-electron chi connectivity index (χ3n) is 2.81. The molecule has 2 heterocycles. The zero-order chi connectivity index (χ0) is 7.84. The summed E-state index contributed by atoms with van der Waals surface area (Å²) in [6.07, 6.45) is 3.81. The smallest absolute Gasteiger partial charge is 0.222 e. The van der Waals surface area contributed by atoms with E-state index in [1.807, 2.05) is 4.90 Å². The van der Waals surface area contributed by atoms with E-state index in [2.05, 4.69) is 0 Å². The first-order valence-corrected chi connectivity index (χ1v) is 4.34. The Morgan fingerprint density at radius 3 is 3.00 bits per heavy atom. The summed E-state index contributed by atoms with van der Waals surface area (Å²) in [5, 5.41) is 0. The number of amides is 1. The molecule has 2 fully saturated rings. The molecule has 62 valence electrons. The average Bonchev–Trinajstić information content (AvgIpc) is 2.45. The molecule has 0 aromatic rings. The van der Waals surface area contributed by atoms with Crippen molar-refractivity contribution in [2.75, 3.05) is 6.54 Å². The summed E-state index contributed by atoms with van der Waals surface area (Å²) >= 11 is 0. The van der Waals surface area contributed by atoms with Gasteiger partial charge >= 0.3 is 0 Å². The van der Waals surface area contributed by atoms with Gasteiger partial charge in [-0.15, -0.1) is 0 Å². The molecule has 2 saturated heterocycles. The van der Waals surface area contributed by atoms with Crippen molar-refractivity contribution in [1.82, 2.24) is 4.90 Å². The van der Waals surface area contributed by atoms with Gasteiger partial charge in [0.2, 0.25) is 5.91 Å². The second-order valence-electron chi connectivity index (χ2n) is 3.50. The summed E-state index contributed by atoms with van der Waals surface area (Å²) in [7, 11) is 0. The molecule has 0 unspecified atom stereocenters. The fraction of sp³-hybridized carbons (Fsp3) is 0.875. The number of piperidine rings is 1. The minimum absolute atomic E-state index is 0.246. The molecule has 0 aromatic heterocycles. The predicted molar refractivity (Wildman–Crippen MR) is 41.9 cm³/mol. The molecular formula is C8H14N2O. The van der Waals surface area contributed by atoms with Crippen molar-refractivity contribution in [1.29, 1.82) is 0 Å². The van der Waals surface area contributed by atoms with E-state index in [0.29, 0.717) is 18.4 Å². The van der Waals surface area contributed by atoms with Crippen molar-refractivity contribution < 1.29 is 4.79 Å². The lowest BCUT2D eigenvalue weighted by Gasteiger charge is -2.34. The van der Waals surface area contributed by atoms with Crippen LogP contribution in [0.5, 0.6) is 0 Å². The van der Waals surface area contributed by atoms with Crippen LogP contribution in [0.3, 0.4) is 0 Å². The highest BCUT2D eigenvalue weighted by Crippen LogP contribution is 2.26. The standard InChI is InChI=1S/C8H14N2O/c9-6-3-4-8(11)10-5-1-2-7(6)10/h6-7H,1-5,9H2/t6-,7+/m1/s1. The Balaban J connectivity index is 2.14. The number of rotatable bonds is 0. The van der Waals surface area contributed by atoms with E-state index in [-0.39, 0.29) is 6.04 Å². The van der Waals surface area contributed by atoms with Crippen molar-refractivity contribution in [2.24, 2.45) is 5.73 Å². The molecule has 3 nitrogen and oxygen atoms in total. The topological polar surface area (TPSA) is 46.3 Å². The molecule has 0 bridgehead atoms. The Labute approximate surface area is 66.5 Å². The molecule has 2 aliphatic heterocycles. The van der Waals surface area contributed by atoms with Crippen LogP contribution in [0, 0.1) is 0 Å². The van der Waals surface area contributed by atoms with Crippen LogP contribution in [0.1, 0.15) is 25.7 Å². The molecule has 0 saturated carbocycles. The average molecular weight is 154 g/mol. The van der Waals surface area contributed by atoms with E-state index in [1.165, 1.54) is 0 Å². The number of nitrogens with zero attached hydrogens (tertiary/aromatic N) is 1. The Morgan fingerprint density at radius 2 is 2.27 bits per heavy atom. The van der Waals surface area contributed by atoms with Gasteiger partial charge in [0.15, 0.2) is 0 Å². The Bertz CT molecular complexity index is 181.